The van der Waals surface area contributed by atoms with Crippen LogP contribution in [0.15, 0.2) is 23.1 Å². The summed E-state index contributed by atoms with van der Waals surface area (Å²) in [5.41, 5.74) is 0.537. The zero-order valence-corrected chi connectivity index (χ0v) is 5.93. The molecule has 1 heterocycles. The summed E-state index contributed by atoms with van der Waals surface area (Å²) in [5, 5.41) is 18.5. The zero-order valence-electron chi connectivity index (χ0n) is 5.11. The fourth-order valence-electron chi connectivity index (χ4n) is 0.623. The van der Waals surface area contributed by atoms with E-state index in [1.807, 2.05) is 17.5 Å². The number of hydrogen-bond acceptors (Lipinski definition) is 3. The fourth-order valence-corrected chi connectivity index (χ4v) is 1.29. The molecule has 0 N–H and O–H groups in total. The second-order valence-electron chi connectivity index (χ2n) is 1.71. The van der Waals surface area contributed by atoms with Crippen LogP contribution in [0.5, 0.6) is 0 Å². The first kappa shape index (κ1) is 6.92. The molecule has 1 aliphatic rings. The third kappa shape index (κ3) is 1.21. The number of thioether (sulfide) groups is 1. The van der Waals surface area contributed by atoms with E-state index in [1.165, 1.54) is 11.8 Å². The number of rotatable bonds is 0. The largest absolute Gasteiger partial charge is 0.197 e. The summed E-state index contributed by atoms with van der Waals surface area (Å²) in [4.78, 5) is 0. The number of hydrogen-bond donors (Lipinski definition) is 0. The molecule has 0 aromatic heterocycles. The van der Waals surface area contributed by atoms with E-state index in [-0.39, 0.29) is 5.25 Å². The van der Waals surface area contributed by atoms with Crippen LogP contribution in [0.3, 0.4) is 0 Å². The minimum absolute atomic E-state index is 0.296. The first-order valence-corrected chi connectivity index (χ1v) is 3.64. The van der Waals surface area contributed by atoms with E-state index in [0.717, 1.165) is 0 Å². The smallest absolute Gasteiger partial charge is 0.130 e. The van der Waals surface area contributed by atoms with Crippen molar-refractivity contribution in [2.75, 3.05) is 0 Å². The molecule has 3 heteroatoms. The third-order valence-electron chi connectivity index (χ3n) is 1.10. The molecule has 0 spiro atoms. The summed E-state index contributed by atoms with van der Waals surface area (Å²) in [6, 6.07) is 4.00. The molecule has 0 bridgehead atoms. The molecule has 0 aromatic rings. The lowest BCUT2D eigenvalue weighted by molar-refractivity contribution is 1.29. The maximum atomic E-state index is 8.50. The van der Waals surface area contributed by atoms with Crippen LogP contribution in [-0.4, -0.2) is 5.25 Å². The van der Waals surface area contributed by atoms with Crippen LogP contribution < -0.4 is 0 Å². The minimum Gasteiger partial charge on any atom is -0.197 e. The first-order chi connectivity index (χ1) is 4.88. The molecule has 0 aliphatic carbocycles. The van der Waals surface area contributed by atoms with Crippen LogP contribution in [-0.2, 0) is 0 Å². The average Bonchev–Trinajstić information content (AvgIpc) is 2.04. The minimum atomic E-state index is -0.296. The summed E-state index contributed by atoms with van der Waals surface area (Å²) >= 11 is 1.36. The van der Waals surface area contributed by atoms with Gasteiger partial charge in [0, 0.05) is 0 Å². The highest BCUT2D eigenvalue weighted by atomic mass is 32.2. The predicted molar refractivity (Wildman–Crippen MR) is 39.8 cm³/mol. The van der Waals surface area contributed by atoms with Gasteiger partial charge >= 0.3 is 0 Å². The van der Waals surface area contributed by atoms with Gasteiger partial charge in [-0.05, 0) is 11.5 Å². The Bertz CT molecular complexity index is 264. The normalized spacial score (nSPS) is 22.6. The Labute approximate surface area is 63.5 Å². The molecule has 10 heavy (non-hydrogen) atoms. The topological polar surface area (TPSA) is 47.6 Å². The van der Waals surface area contributed by atoms with Crippen LogP contribution in [0, 0.1) is 22.7 Å². The standard InChI is InChI=1S/C7H4N2S/c8-4-6-2-1-3-10-7(6)5-9/h1-3,7H. The van der Waals surface area contributed by atoms with Gasteiger partial charge in [-0.1, -0.05) is 6.08 Å². The van der Waals surface area contributed by atoms with E-state index in [4.69, 9.17) is 10.5 Å². The molecular formula is C7H4N2S. The van der Waals surface area contributed by atoms with Gasteiger partial charge in [0.05, 0.1) is 17.7 Å². The maximum Gasteiger partial charge on any atom is 0.130 e. The van der Waals surface area contributed by atoms with Gasteiger partial charge in [-0.25, -0.2) is 0 Å². The van der Waals surface area contributed by atoms with Gasteiger partial charge in [0.15, 0.2) is 0 Å². The Kier molecular flexibility index (Phi) is 2.15. The van der Waals surface area contributed by atoms with Crippen LogP contribution in [0.2, 0.25) is 0 Å². The van der Waals surface area contributed by atoms with Crippen LogP contribution >= 0.6 is 11.8 Å². The molecule has 0 saturated carbocycles. The Morgan fingerprint density at radius 2 is 2.30 bits per heavy atom. The predicted octanol–water partition coefficient (Wildman–Crippen LogP) is 1.59. The van der Waals surface area contributed by atoms with Gasteiger partial charge in [0.1, 0.15) is 5.25 Å². The van der Waals surface area contributed by atoms with Crippen molar-refractivity contribution in [2.24, 2.45) is 0 Å². The Hall–Kier alpha value is -1.19. The molecular weight excluding hydrogens is 144 g/mol. The van der Waals surface area contributed by atoms with Gasteiger partial charge in [0.25, 0.3) is 0 Å². The van der Waals surface area contributed by atoms with Crippen molar-refractivity contribution in [3.05, 3.63) is 23.1 Å². The lowest BCUT2D eigenvalue weighted by Gasteiger charge is -2.05. The second-order valence-corrected chi connectivity index (χ2v) is 2.72. The summed E-state index contributed by atoms with van der Waals surface area (Å²) in [6.45, 7) is 0. The van der Waals surface area contributed by atoms with E-state index in [0.29, 0.717) is 5.57 Å². The van der Waals surface area contributed by atoms with E-state index in [1.54, 1.807) is 12.2 Å². The lowest BCUT2D eigenvalue weighted by atomic mass is 10.2. The summed E-state index contributed by atoms with van der Waals surface area (Å²) < 4.78 is 0. The SMILES string of the molecule is N#CC1=CC=CSC1C#N. The highest BCUT2D eigenvalue weighted by Gasteiger charge is 2.13. The van der Waals surface area contributed by atoms with E-state index >= 15 is 0 Å². The van der Waals surface area contributed by atoms with Crippen molar-refractivity contribution in [3.63, 3.8) is 0 Å². The molecule has 1 aliphatic heterocycles. The van der Waals surface area contributed by atoms with Gasteiger partial charge < -0.3 is 0 Å². The third-order valence-corrected chi connectivity index (χ3v) is 2.04. The molecule has 0 radical (unpaired) electrons. The molecule has 0 aromatic carbocycles. The van der Waals surface area contributed by atoms with Crippen molar-refractivity contribution >= 4 is 11.8 Å². The lowest BCUT2D eigenvalue weighted by Crippen LogP contribution is -2.02. The average molecular weight is 148 g/mol. The van der Waals surface area contributed by atoms with Crippen molar-refractivity contribution in [1.82, 2.24) is 0 Å². The molecule has 0 amide bonds. The molecule has 0 saturated heterocycles. The number of nitriles is 2. The van der Waals surface area contributed by atoms with Crippen molar-refractivity contribution in [1.29, 1.82) is 10.5 Å². The van der Waals surface area contributed by atoms with Gasteiger partial charge in [0.2, 0.25) is 0 Å². The zero-order chi connectivity index (χ0) is 7.40. The quantitative estimate of drug-likeness (QED) is 0.524. The van der Waals surface area contributed by atoms with Gasteiger partial charge in [-0.15, -0.1) is 11.8 Å². The van der Waals surface area contributed by atoms with Crippen molar-refractivity contribution in [2.45, 2.75) is 5.25 Å². The highest BCUT2D eigenvalue weighted by Crippen LogP contribution is 2.23. The van der Waals surface area contributed by atoms with Gasteiger partial charge in [-0.2, -0.15) is 10.5 Å². The number of nitrogens with zero attached hydrogens (tertiary/aromatic N) is 2. The van der Waals surface area contributed by atoms with E-state index < -0.39 is 0 Å². The fraction of sp³-hybridized carbons (Fsp3) is 0.143. The number of allylic oxidation sites excluding steroid dienone is 2. The van der Waals surface area contributed by atoms with Crippen LogP contribution in [0.1, 0.15) is 0 Å². The summed E-state index contributed by atoms with van der Waals surface area (Å²) in [6.07, 6.45) is 3.45. The second kappa shape index (κ2) is 3.10. The molecule has 0 fully saturated rings. The summed E-state index contributed by atoms with van der Waals surface area (Å²) in [5.74, 6) is 0. The highest BCUT2D eigenvalue weighted by molar-refractivity contribution is 8.03. The maximum absolute atomic E-state index is 8.50. The Morgan fingerprint density at radius 1 is 1.50 bits per heavy atom. The Balaban J connectivity index is 2.86. The van der Waals surface area contributed by atoms with Gasteiger partial charge in [-0.3, -0.25) is 0 Å². The van der Waals surface area contributed by atoms with Crippen LogP contribution in [0.25, 0.3) is 0 Å². The van der Waals surface area contributed by atoms with Crippen LogP contribution in [0.4, 0.5) is 0 Å². The molecule has 1 rings (SSSR count). The van der Waals surface area contributed by atoms with E-state index in [9.17, 15) is 0 Å². The molecule has 1 unspecified atom stereocenters. The summed E-state index contributed by atoms with van der Waals surface area (Å²) in [7, 11) is 0. The molecule has 48 valence electrons. The van der Waals surface area contributed by atoms with Crippen molar-refractivity contribution < 1.29 is 0 Å². The monoisotopic (exact) mass is 148 g/mol. The Morgan fingerprint density at radius 3 is 2.80 bits per heavy atom. The van der Waals surface area contributed by atoms with Crippen molar-refractivity contribution in [3.8, 4) is 12.1 Å². The molecule has 2 nitrogen and oxygen atoms in total. The molecule has 1 atom stereocenters. The first-order valence-electron chi connectivity index (χ1n) is 2.70. The van der Waals surface area contributed by atoms with E-state index in [2.05, 4.69) is 0 Å².